The first-order chi connectivity index (χ1) is 7.63. The minimum Gasteiger partial charge on any atom is -0.478 e. The van der Waals surface area contributed by atoms with Gasteiger partial charge in [-0.25, -0.2) is 4.79 Å². The second kappa shape index (κ2) is 5.70. The highest BCUT2D eigenvalue weighted by molar-refractivity contribution is 5.98. The second-order valence-electron chi connectivity index (χ2n) is 3.24. The molecule has 1 aromatic carbocycles. The van der Waals surface area contributed by atoms with Crippen LogP contribution in [-0.4, -0.2) is 24.0 Å². The zero-order chi connectivity index (χ0) is 12.0. The van der Waals surface area contributed by atoms with E-state index in [4.69, 9.17) is 5.11 Å². The fraction of sp³-hybridized carbons (Fsp3) is 0.167. The van der Waals surface area contributed by atoms with Gasteiger partial charge >= 0.3 is 5.97 Å². The fourth-order valence-electron chi connectivity index (χ4n) is 1.20. The zero-order valence-corrected chi connectivity index (χ0v) is 8.93. The maximum Gasteiger partial charge on any atom is 0.332 e. The first kappa shape index (κ1) is 12.0. The standard InChI is InChI=1S/C12H13NO3/c1-13-11(14)8-10(12(15)16)7-9-5-3-2-4-6-9/h2-7H,8H2,1H3,(H,13,14)(H,15,16)/b10-7+. The largest absolute Gasteiger partial charge is 0.478 e. The van der Waals surface area contributed by atoms with Gasteiger partial charge in [-0.05, 0) is 11.6 Å². The van der Waals surface area contributed by atoms with Crippen LogP contribution in [-0.2, 0) is 9.59 Å². The van der Waals surface area contributed by atoms with E-state index in [0.717, 1.165) is 5.56 Å². The smallest absolute Gasteiger partial charge is 0.332 e. The van der Waals surface area contributed by atoms with E-state index in [0.29, 0.717) is 0 Å². The van der Waals surface area contributed by atoms with Gasteiger partial charge in [0.15, 0.2) is 0 Å². The quantitative estimate of drug-likeness (QED) is 0.750. The summed E-state index contributed by atoms with van der Waals surface area (Å²) in [5.74, 6) is -1.39. The van der Waals surface area contributed by atoms with Crippen molar-refractivity contribution in [2.24, 2.45) is 0 Å². The van der Waals surface area contributed by atoms with Gasteiger partial charge in [-0.2, -0.15) is 0 Å². The summed E-state index contributed by atoms with van der Waals surface area (Å²) in [5.41, 5.74) is 0.842. The molecule has 0 radical (unpaired) electrons. The van der Waals surface area contributed by atoms with Gasteiger partial charge in [-0.15, -0.1) is 0 Å². The third kappa shape index (κ3) is 3.57. The summed E-state index contributed by atoms with van der Waals surface area (Å²) >= 11 is 0. The van der Waals surface area contributed by atoms with Crippen LogP contribution in [0.4, 0.5) is 0 Å². The highest BCUT2D eigenvalue weighted by Crippen LogP contribution is 2.09. The number of hydrogen-bond donors (Lipinski definition) is 2. The molecule has 0 fully saturated rings. The Bertz CT molecular complexity index is 410. The van der Waals surface area contributed by atoms with E-state index in [1.54, 1.807) is 12.1 Å². The number of rotatable bonds is 4. The van der Waals surface area contributed by atoms with Crippen molar-refractivity contribution in [1.82, 2.24) is 5.32 Å². The number of carboxylic acids is 1. The van der Waals surface area contributed by atoms with Crippen molar-refractivity contribution in [3.63, 3.8) is 0 Å². The van der Waals surface area contributed by atoms with Gasteiger partial charge in [0.25, 0.3) is 0 Å². The van der Waals surface area contributed by atoms with Crippen molar-refractivity contribution < 1.29 is 14.7 Å². The molecule has 1 amide bonds. The Kier molecular flexibility index (Phi) is 4.27. The first-order valence-electron chi connectivity index (χ1n) is 4.83. The predicted octanol–water partition coefficient (Wildman–Crippen LogP) is 1.29. The summed E-state index contributed by atoms with van der Waals surface area (Å²) < 4.78 is 0. The number of aliphatic carboxylic acids is 1. The van der Waals surface area contributed by atoms with Gasteiger partial charge in [0.2, 0.25) is 5.91 Å². The number of carbonyl (C=O) groups excluding carboxylic acids is 1. The molecule has 2 N–H and O–H groups in total. The number of hydrogen-bond acceptors (Lipinski definition) is 2. The zero-order valence-electron chi connectivity index (χ0n) is 8.93. The van der Waals surface area contributed by atoms with Crippen molar-refractivity contribution in [1.29, 1.82) is 0 Å². The lowest BCUT2D eigenvalue weighted by Crippen LogP contribution is -2.20. The maximum atomic E-state index is 11.1. The minimum atomic E-state index is -1.08. The van der Waals surface area contributed by atoms with Crippen LogP contribution in [0.1, 0.15) is 12.0 Å². The third-order valence-electron chi connectivity index (χ3n) is 2.05. The lowest BCUT2D eigenvalue weighted by molar-refractivity contribution is -0.134. The van der Waals surface area contributed by atoms with Crippen molar-refractivity contribution >= 4 is 18.0 Å². The maximum absolute atomic E-state index is 11.1. The van der Waals surface area contributed by atoms with Crippen molar-refractivity contribution in [2.75, 3.05) is 7.05 Å². The predicted molar refractivity (Wildman–Crippen MR) is 60.7 cm³/mol. The molecule has 0 atom stereocenters. The van der Waals surface area contributed by atoms with Crippen LogP contribution in [0.25, 0.3) is 6.08 Å². The van der Waals surface area contributed by atoms with Crippen LogP contribution >= 0.6 is 0 Å². The van der Waals surface area contributed by atoms with Gasteiger partial charge in [-0.3, -0.25) is 4.79 Å². The molecule has 0 spiro atoms. The Labute approximate surface area is 93.6 Å². The molecular formula is C12H13NO3. The lowest BCUT2D eigenvalue weighted by atomic mass is 10.1. The number of carbonyl (C=O) groups is 2. The molecule has 84 valence electrons. The normalized spacial score (nSPS) is 10.9. The van der Waals surface area contributed by atoms with Gasteiger partial charge in [0.05, 0.1) is 6.42 Å². The highest BCUT2D eigenvalue weighted by Gasteiger charge is 2.11. The van der Waals surface area contributed by atoms with Crippen LogP contribution in [0.15, 0.2) is 35.9 Å². The Hall–Kier alpha value is -2.10. The molecule has 1 rings (SSSR count). The van der Waals surface area contributed by atoms with E-state index in [9.17, 15) is 9.59 Å². The van der Waals surface area contributed by atoms with Crippen LogP contribution in [0.2, 0.25) is 0 Å². The molecule has 0 bridgehead atoms. The molecule has 0 aliphatic heterocycles. The van der Waals surface area contributed by atoms with E-state index >= 15 is 0 Å². The summed E-state index contributed by atoms with van der Waals surface area (Å²) in [7, 11) is 1.48. The molecule has 16 heavy (non-hydrogen) atoms. The van der Waals surface area contributed by atoms with Crippen LogP contribution in [0.3, 0.4) is 0 Å². The van der Waals surface area contributed by atoms with Crippen LogP contribution in [0, 0.1) is 0 Å². The average Bonchev–Trinajstić information content (AvgIpc) is 2.29. The summed E-state index contributed by atoms with van der Waals surface area (Å²) in [6.07, 6.45) is 1.37. The SMILES string of the molecule is CNC(=O)C/C(=C\c1ccccc1)C(=O)O. The number of benzene rings is 1. The Balaban J connectivity index is 2.90. The average molecular weight is 219 g/mol. The Morgan fingerprint density at radius 3 is 2.44 bits per heavy atom. The molecule has 0 aliphatic rings. The number of nitrogens with one attached hydrogen (secondary N) is 1. The van der Waals surface area contributed by atoms with E-state index in [-0.39, 0.29) is 17.9 Å². The highest BCUT2D eigenvalue weighted by atomic mass is 16.4. The van der Waals surface area contributed by atoms with Crippen molar-refractivity contribution in [3.05, 3.63) is 41.5 Å². The molecular weight excluding hydrogens is 206 g/mol. The Morgan fingerprint density at radius 1 is 1.31 bits per heavy atom. The van der Waals surface area contributed by atoms with Crippen LogP contribution < -0.4 is 5.32 Å². The summed E-state index contributed by atoms with van der Waals surface area (Å²) in [5, 5.41) is 11.3. The number of amides is 1. The second-order valence-corrected chi connectivity index (χ2v) is 3.24. The Morgan fingerprint density at radius 2 is 1.94 bits per heavy atom. The van der Waals surface area contributed by atoms with Gasteiger partial charge < -0.3 is 10.4 Å². The van der Waals surface area contributed by atoms with Gasteiger partial charge in [0.1, 0.15) is 0 Å². The topological polar surface area (TPSA) is 66.4 Å². The molecule has 0 unspecified atom stereocenters. The molecule has 0 heterocycles. The van der Waals surface area contributed by atoms with Crippen molar-refractivity contribution in [3.8, 4) is 0 Å². The first-order valence-corrected chi connectivity index (χ1v) is 4.83. The van der Waals surface area contributed by atoms with Gasteiger partial charge in [0, 0.05) is 12.6 Å². The summed E-state index contributed by atoms with van der Waals surface area (Å²) in [6, 6.07) is 9.03. The van der Waals surface area contributed by atoms with Crippen molar-refractivity contribution in [2.45, 2.75) is 6.42 Å². The third-order valence-corrected chi connectivity index (χ3v) is 2.05. The minimum absolute atomic E-state index is 0.0746. The summed E-state index contributed by atoms with van der Waals surface area (Å²) in [4.78, 5) is 22.0. The molecule has 1 aromatic rings. The summed E-state index contributed by atoms with van der Waals surface area (Å²) in [6.45, 7) is 0. The van der Waals surface area contributed by atoms with E-state index in [2.05, 4.69) is 5.32 Å². The monoisotopic (exact) mass is 219 g/mol. The molecule has 0 saturated heterocycles. The molecule has 4 heteroatoms. The van der Waals surface area contributed by atoms with Crippen LogP contribution in [0.5, 0.6) is 0 Å². The van der Waals surface area contributed by atoms with E-state index < -0.39 is 5.97 Å². The lowest BCUT2D eigenvalue weighted by Gasteiger charge is -2.01. The van der Waals surface area contributed by atoms with E-state index in [1.807, 2.05) is 18.2 Å². The molecule has 0 aliphatic carbocycles. The molecule has 0 aromatic heterocycles. The fourth-order valence-corrected chi connectivity index (χ4v) is 1.20. The van der Waals surface area contributed by atoms with Gasteiger partial charge in [-0.1, -0.05) is 30.3 Å². The molecule has 4 nitrogen and oxygen atoms in total. The number of carboxylic acid groups (broad SMARTS) is 1. The van der Waals surface area contributed by atoms with E-state index in [1.165, 1.54) is 13.1 Å². The molecule has 0 saturated carbocycles.